The number of hydrogen-bond donors (Lipinski definition) is 6. The van der Waals surface area contributed by atoms with Gasteiger partial charge in [-0.2, -0.15) is 0 Å². The highest BCUT2D eigenvalue weighted by atomic mass is 35.5. The second-order valence-corrected chi connectivity index (χ2v) is 23.9. The van der Waals surface area contributed by atoms with Gasteiger partial charge >= 0.3 is 26.2 Å². The van der Waals surface area contributed by atoms with Crippen LogP contribution in [0, 0.1) is 58.2 Å². The standard InChI is InChI=1S/C59H74B2Cl2O10/c1-35(2)10-6-11-36(3)49-20-21-50-46-19-18-42-26-37(22-24-58(42,4)51(46)23-25-59(49,50)5)12-9-17-45(40-29-47(56(64)65)54(52(62)31-40)72-33-38-13-7-15-43(27-38)60(68)69)41-30-48(57(66)67)55(53(63)32-41)73-34-39-14-8-16-44(28-39)61(70)71/h7-8,13-17,27-32,35-37,42,46,49-51,68-71H,6,9-12,18-26,33-34H2,1-5H3,(H,64,65)(H,66,67)/t36?,37-,42-,46?,49+,50?,51?,58-,59+/m0/s1. The highest BCUT2D eigenvalue weighted by Gasteiger charge is 2.60. The van der Waals surface area contributed by atoms with E-state index in [1.165, 1.54) is 82.8 Å². The first kappa shape index (κ1) is 55.0. The van der Waals surface area contributed by atoms with Crippen molar-refractivity contribution in [3.05, 3.63) is 122 Å². The lowest BCUT2D eigenvalue weighted by molar-refractivity contribution is -0.121. The molecule has 4 aromatic rings. The van der Waals surface area contributed by atoms with Gasteiger partial charge < -0.3 is 39.8 Å². The van der Waals surface area contributed by atoms with E-state index in [9.17, 15) is 39.9 Å². The lowest BCUT2D eigenvalue weighted by Crippen LogP contribution is -2.53. The predicted molar refractivity (Wildman–Crippen MR) is 291 cm³/mol. The van der Waals surface area contributed by atoms with E-state index in [0.717, 1.165) is 48.3 Å². The van der Waals surface area contributed by atoms with Crippen molar-refractivity contribution in [2.45, 2.75) is 138 Å². The molecule has 4 aliphatic rings. The van der Waals surface area contributed by atoms with Crippen LogP contribution in [0.5, 0.6) is 11.5 Å². The lowest BCUT2D eigenvalue weighted by atomic mass is 9.44. The summed E-state index contributed by atoms with van der Waals surface area (Å²) < 4.78 is 12.0. The molecule has 0 saturated heterocycles. The topological polar surface area (TPSA) is 174 Å². The first-order valence-electron chi connectivity index (χ1n) is 26.8. The quantitative estimate of drug-likeness (QED) is 0.0468. The molecule has 4 unspecified atom stereocenters. The SMILES string of the molecule is CC(C)CCCC(C)[C@H]1CCC2C3CC[C@H]4C[C@@H](CCC=C(c5cc(Cl)c(OCc6cccc(B(O)O)c6)c(C(=O)O)c5)c5cc(Cl)c(OCc6cccc(B(O)O)c6)c(C(=O)O)c5)CC[C@]4(C)C3CC[C@@]21C. The maximum Gasteiger partial charge on any atom is 0.488 e. The molecule has 0 radical (unpaired) electrons. The van der Waals surface area contributed by atoms with Gasteiger partial charge in [-0.15, -0.1) is 0 Å². The molecule has 0 aromatic heterocycles. The molecule has 9 atom stereocenters. The van der Waals surface area contributed by atoms with E-state index in [4.69, 9.17) is 32.7 Å². The van der Waals surface area contributed by atoms with Crippen molar-refractivity contribution in [1.82, 2.24) is 0 Å². The summed E-state index contributed by atoms with van der Waals surface area (Å²) in [6.45, 7) is 12.3. The minimum Gasteiger partial charge on any atom is -0.486 e. The average molecular weight is 1040 g/mol. The number of allylic oxidation sites excluding steroid dienone is 1. The van der Waals surface area contributed by atoms with Gasteiger partial charge in [0.25, 0.3) is 0 Å². The number of carbonyl (C=O) groups is 2. The normalized spacial score (nSPS) is 25.8. The van der Waals surface area contributed by atoms with Crippen LogP contribution in [0.1, 0.15) is 167 Å². The maximum absolute atomic E-state index is 13.0. The molecule has 0 amide bonds. The maximum atomic E-state index is 13.0. The fraction of sp³-hybridized carbons (Fsp3) is 0.525. The van der Waals surface area contributed by atoms with Gasteiger partial charge in [-0.05, 0) is 192 Å². The number of carboxylic acids is 2. The van der Waals surface area contributed by atoms with E-state index in [-0.39, 0.29) is 56.8 Å². The molecule has 4 fully saturated rings. The van der Waals surface area contributed by atoms with Crippen molar-refractivity contribution in [1.29, 1.82) is 0 Å². The number of ether oxygens (including phenoxy) is 2. The molecule has 390 valence electrons. The molecular formula is C59H74B2Cl2O10. The molecule has 14 heteroatoms. The molecule has 4 aliphatic carbocycles. The molecule has 4 aromatic carbocycles. The molecule has 0 bridgehead atoms. The Hall–Kier alpha value is -4.29. The number of rotatable bonds is 20. The summed E-state index contributed by atoms with van der Waals surface area (Å²) in [4.78, 5) is 26.0. The molecule has 0 spiro atoms. The predicted octanol–water partition coefficient (Wildman–Crippen LogP) is 11.9. The van der Waals surface area contributed by atoms with Gasteiger partial charge in [0.15, 0.2) is 11.5 Å². The summed E-state index contributed by atoms with van der Waals surface area (Å²) in [5.41, 5.74) is 3.44. The highest BCUT2D eigenvalue weighted by Crippen LogP contribution is 2.69. The summed E-state index contributed by atoms with van der Waals surface area (Å²) in [5.74, 6) is 3.32. The van der Waals surface area contributed by atoms with Crippen LogP contribution in [0.15, 0.2) is 78.9 Å². The molecule has 8 rings (SSSR count). The summed E-state index contributed by atoms with van der Waals surface area (Å²) >= 11 is 13.9. The van der Waals surface area contributed by atoms with Gasteiger partial charge in [-0.3, -0.25) is 0 Å². The Balaban J connectivity index is 1.04. The molecule has 0 aliphatic heterocycles. The minimum atomic E-state index is -1.69. The summed E-state index contributed by atoms with van der Waals surface area (Å²) in [7, 11) is -3.38. The van der Waals surface area contributed by atoms with Crippen LogP contribution in [0.4, 0.5) is 0 Å². The molecule has 73 heavy (non-hydrogen) atoms. The molecule has 10 nitrogen and oxygen atoms in total. The second-order valence-electron chi connectivity index (χ2n) is 23.1. The van der Waals surface area contributed by atoms with Crippen LogP contribution in [-0.2, 0) is 13.2 Å². The van der Waals surface area contributed by atoms with E-state index in [2.05, 4.69) is 34.6 Å². The fourth-order valence-corrected chi connectivity index (χ4v) is 15.2. The smallest absolute Gasteiger partial charge is 0.486 e. The first-order valence-corrected chi connectivity index (χ1v) is 27.5. The van der Waals surface area contributed by atoms with Crippen LogP contribution < -0.4 is 20.4 Å². The Kier molecular flexibility index (Phi) is 17.5. The van der Waals surface area contributed by atoms with Gasteiger partial charge in [0.1, 0.15) is 24.3 Å². The van der Waals surface area contributed by atoms with Crippen molar-refractivity contribution < 1.29 is 49.4 Å². The van der Waals surface area contributed by atoms with Crippen molar-refractivity contribution in [2.24, 2.45) is 58.2 Å². The zero-order valence-electron chi connectivity index (χ0n) is 43.2. The fourth-order valence-electron chi connectivity index (χ4n) is 14.6. The van der Waals surface area contributed by atoms with Crippen molar-refractivity contribution >= 4 is 65.9 Å². The van der Waals surface area contributed by atoms with Gasteiger partial charge in [-0.1, -0.05) is 132 Å². The summed E-state index contributed by atoms with van der Waals surface area (Å²) in [5, 5.41) is 60.0. The minimum absolute atomic E-state index is 0.0216. The first-order chi connectivity index (χ1) is 34.8. The van der Waals surface area contributed by atoms with Crippen LogP contribution in [-0.4, -0.2) is 56.5 Å². The Morgan fingerprint density at radius 3 is 1.78 bits per heavy atom. The number of fused-ring (bicyclic) bond motifs is 5. The summed E-state index contributed by atoms with van der Waals surface area (Å²) in [6.07, 6.45) is 19.3. The number of aromatic carboxylic acids is 2. The van der Waals surface area contributed by atoms with Crippen molar-refractivity contribution in [3.63, 3.8) is 0 Å². The van der Waals surface area contributed by atoms with E-state index < -0.39 is 26.2 Å². The third-order valence-electron chi connectivity index (χ3n) is 18.3. The Morgan fingerprint density at radius 1 is 0.699 bits per heavy atom. The van der Waals surface area contributed by atoms with Crippen LogP contribution >= 0.6 is 23.2 Å². The molecule has 6 N–H and O–H groups in total. The average Bonchev–Trinajstić information content (AvgIpc) is 3.71. The molecule has 4 saturated carbocycles. The van der Waals surface area contributed by atoms with Crippen LogP contribution in [0.25, 0.3) is 5.57 Å². The molecule has 0 heterocycles. The second kappa shape index (κ2) is 23.3. The van der Waals surface area contributed by atoms with Crippen LogP contribution in [0.3, 0.4) is 0 Å². The van der Waals surface area contributed by atoms with E-state index in [1.807, 2.05) is 6.08 Å². The van der Waals surface area contributed by atoms with E-state index >= 15 is 0 Å². The molecular weight excluding hydrogens is 961 g/mol. The largest absolute Gasteiger partial charge is 0.488 e. The van der Waals surface area contributed by atoms with Gasteiger partial charge in [0.2, 0.25) is 0 Å². The third-order valence-corrected chi connectivity index (χ3v) is 18.9. The number of benzene rings is 4. The Morgan fingerprint density at radius 2 is 1.25 bits per heavy atom. The number of halogens is 2. The summed E-state index contributed by atoms with van der Waals surface area (Å²) in [6, 6.07) is 19.1. The van der Waals surface area contributed by atoms with Crippen molar-refractivity contribution in [2.75, 3.05) is 0 Å². The number of hydrogen-bond acceptors (Lipinski definition) is 8. The lowest BCUT2D eigenvalue weighted by Gasteiger charge is -2.61. The van der Waals surface area contributed by atoms with E-state index in [1.54, 1.807) is 60.7 Å². The van der Waals surface area contributed by atoms with E-state index in [0.29, 0.717) is 56.9 Å². The highest BCUT2D eigenvalue weighted by molar-refractivity contribution is 6.59. The van der Waals surface area contributed by atoms with Crippen molar-refractivity contribution in [3.8, 4) is 11.5 Å². The van der Waals surface area contributed by atoms with Crippen LogP contribution in [0.2, 0.25) is 10.0 Å². The monoisotopic (exact) mass is 1030 g/mol. The zero-order chi connectivity index (χ0) is 52.4. The third kappa shape index (κ3) is 12.1. The Bertz CT molecular complexity index is 2530. The zero-order valence-corrected chi connectivity index (χ0v) is 44.7. The number of carboxylic acid groups (broad SMARTS) is 2. The van der Waals surface area contributed by atoms with Gasteiger partial charge in [-0.25, -0.2) is 9.59 Å². The van der Waals surface area contributed by atoms with Gasteiger partial charge in [0.05, 0.1) is 10.0 Å². The Labute approximate surface area is 442 Å². The van der Waals surface area contributed by atoms with Gasteiger partial charge in [0, 0.05) is 0 Å².